The summed E-state index contributed by atoms with van der Waals surface area (Å²) in [7, 11) is 0. The molecule has 1 aliphatic heterocycles. The minimum Gasteiger partial charge on any atom is -0.492 e. The third-order valence-corrected chi connectivity index (χ3v) is 4.98. The van der Waals surface area contributed by atoms with Gasteiger partial charge in [0.1, 0.15) is 5.75 Å². The van der Waals surface area contributed by atoms with E-state index in [2.05, 4.69) is 6.92 Å². The third kappa shape index (κ3) is 3.97. The zero-order valence-corrected chi connectivity index (χ0v) is 15.1. The van der Waals surface area contributed by atoms with E-state index in [1.807, 2.05) is 30.0 Å². The standard InChI is InChI=1S/C20H27NO4/c1-3-5-10-21(13-15-12-17(15)20(23)24-4-2)19(22)16-8-6-7-14-9-11-25-18(14)16/h6-8,15,17H,3-5,9-13H2,1-2H3/t15-,17+/m0/s1. The molecule has 1 fully saturated rings. The molecule has 0 radical (unpaired) electrons. The van der Waals surface area contributed by atoms with Crippen molar-refractivity contribution in [2.45, 2.75) is 39.5 Å². The summed E-state index contributed by atoms with van der Waals surface area (Å²) in [6, 6.07) is 5.80. The van der Waals surface area contributed by atoms with E-state index in [1.54, 1.807) is 0 Å². The Bertz CT molecular complexity index is 643. The van der Waals surface area contributed by atoms with Crippen LogP contribution < -0.4 is 4.74 Å². The Morgan fingerprint density at radius 2 is 2.16 bits per heavy atom. The predicted molar refractivity (Wildman–Crippen MR) is 94.7 cm³/mol. The van der Waals surface area contributed by atoms with Crippen molar-refractivity contribution >= 4 is 11.9 Å². The van der Waals surface area contributed by atoms with Crippen LogP contribution >= 0.6 is 0 Å². The maximum atomic E-state index is 13.1. The van der Waals surface area contributed by atoms with Gasteiger partial charge in [0.05, 0.1) is 24.7 Å². The maximum Gasteiger partial charge on any atom is 0.309 e. The molecule has 0 saturated heterocycles. The smallest absolute Gasteiger partial charge is 0.309 e. The van der Waals surface area contributed by atoms with Gasteiger partial charge in [0.2, 0.25) is 0 Å². The van der Waals surface area contributed by atoms with Crippen molar-refractivity contribution in [3.8, 4) is 5.75 Å². The molecule has 1 heterocycles. The Balaban J connectivity index is 1.70. The average Bonchev–Trinajstić information content (AvgIpc) is 3.22. The number of rotatable bonds is 8. The van der Waals surface area contributed by atoms with Crippen LogP contribution in [0.25, 0.3) is 0 Å². The van der Waals surface area contributed by atoms with Gasteiger partial charge in [0.15, 0.2) is 0 Å². The molecule has 5 heteroatoms. The van der Waals surface area contributed by atoms with E-state index in [-0.39, 0.29) is 23.7 Å². The van der Waals surface area contributed by atoms with Gasteiger partial charge in [-0.15, -0.1) is 0 Å². The molecule has 0 N–H and O–H groups in total. The monoisotopic (exact) mass is 345 g/mol. The topological polar surface area (TPSA) is 55.8 Å². The van der Waals surface area contributed by atoms with E-state index < -0.39 is 0 Å². The second kappa shape index (κ2) is 7.89. The van der Waals surface area contributed by atoms with E-state index in [4.69, 9.17) is 9.47 Å². The van der Waals surface area contributed by atoms with Crippen molar-refractivity contribution in [2.75, 3.05) is 26.3 Å². The molecule has 0 unspecified atom stereocenters. The summed E-state index contributed by atoms with van der Waals surface area (Å²) in [5, 5.41) is 0. The number of benzene rings is 1. The lowest BCUT2D eigenvalue weighted by Gasteiger charge is -2.23. The summed E-state index contributed by atoms with van der Waals surface area (Å²) in [6.07, 6.45) is 3.66. The first kappa shape index (κ1) is 17.8. The van der Waals surface area contributed by atoms with Crippen LogP contribution in [-0.4, -0.2) is 43.1 Å². The normalized spacial score (nSPS) is 20.6. The number of hydrogen-bond acceptors (Lipinski definition) is 4. The Labute approximate surface area is 149 Å². The van der Waals surface area contributed by atoms with Crippen molar-refractivity contribution in [1.29, 1.82) is 0 Å². The molecule has 0 spiro atoms. The highest BCUT2D eigenvalue weighted by Crippen LogP contribution is 2.40. The van der Waals surface area contributed by atoms with Gasteiger partial charge in [-0.3, -0.25) is 9.59 Å². The summed E-state index contributed by atoms with van der Waals surface area (Å²) in [5.74, 6) is 0.805. The fourth-order valence-corrected chi connectivity index (χ4v) is 3.45. The number of nitrogens with zero attached hydrogens (tertiary/aromatic N) is 1. The zero-order valence-electron chi connectivity index (χ0n) is 15.1. The molecular formula is C20H27NO4. The number of amides is 1. The molecule has 1 aromatic carbocycles. The first-order valence-electron chi connectivity index (χ1n) is 9.36. The van der Waals surface area contributed by atoms with E-state index in [0.717, 1.165) is 37.0 Å². The number of carbonyl (C=O) groups excluding carboxylic acids is 2. The first-order valence-corrected chi connectivity index (χ1v) is 9.36. The van der Waals surface area contributed by atoms with Crippen LogP contribution in [0.4, 0.5) is 0 Å². The lowest BCUT2D eigenvalue weighted by molar-refractivity contribution is -0.145. The molecule has 1 saturated carbocycles. The van der Waals surface area contributed by atoms with Gasteiger partial charge in [0, 0.05) is 19.5 Å². The van der Waals surface area contributed by atoms with Crippen LogP contribution in [-0.2, 0) is 16.0 Å². The van der Waals surface area contributed by atoms with Crippen LogP contribution in [0, 0.1) is 11.8 Å². The molecule has 2 aliphatic rings. The number of ether oxygens (including phenoxy) is 2. The Morgan fingerprint density at radius 3 is 2.92 bits per heavy atom. The molecule has 0 bridgehead atoms. The van der Waals surface area contributed by atoms with Crippen LogP contribution in [0.1, 0.15) is 49.0 Å². The van der Waals surface area contributed by atoms with Gasteiger partial charge < -0.3 is 14.4 Å². The van der Waals surface area contributed by atoms with E-state index in [0.29, 0.717) is 31.9 Å². The van der Waals surface area contributed by atoms with Crippen LogP contribution in [0.2, 0.25) is 0 Å². The van der Waals surface area contributed by atoms with Crippen molar-refractivity contribution in [3.63, 3.8) is 0 Å². The lowest BCUT2D eigenvalue weighted by Crippen LogP contribution is -2.34. The zero-order chi connectivity index (χ0) is 17.8. The quantitative estimate of drug-likeness (QED) is 0.680. The minimum absolute atomic E-state index is 0.0155. The fraction of sp³-hybridized carbons (Fsp3) is 0.600. The number of unbranched alkanes of at least 4 members (excludes halogenated alkanes) is 1. The minimum atomic E-state index is -0.126. The average molecular weight is 345 g/mol. The maximum absolute atomic E-state index is 13.1. The number of esters is 1. The highest BCUT2D eigenvalue weighted by molar-refractivity contribution is 5.97. The lowest BCUT2D eigenvalue weighted by atomic mass is 10.1. The second-order valence-corrected chi connectivity index (χ2v) is 6.85. The number of hydrogen-bond donors (Lipinski definition) is 0. The first-order chi connectivity index (χ1) is 12.2. The van der Waals surface area contributed by atoms with Crippen LogP contribution in [0.15, 0.2) is 18.2 Å². The molecule has 1 amide bonds. The van der Waals surface area contributed by atoms with Gasteiger partial charge >= 0.3 is 5.97 Å². The Hall–Kier alpha value is -2.04. The van der Waals surface area contributed by atoms with Gasteiger partial charge in [-0.05, 0) is 37.3 Å². The summed E-state index contributed by atoms with van der Waals surface area (Å²) >= 11 is 0. The van der Waals surface area contributed by atoms with Gasteiger partial charge in [-0.1, -0.05) is 25.5 Å². The van der Waals surface area contributed by atoms with E-state index >= 15 is 0 Å². The summed E-state index contributed by atoms with van der Waals surface area (Å²) in [6.45, 7) is 6.32. The molecule has 2 atom stereocenters. The summed E-state index contributed by atoms with van der Waals surface area (Å²) in [5.41, 5.74) is 1.76. The van der Waals surface area contributed by atoms with Gasteiger partial charge in [-0.2, -0.15) is 0 Å². The van der Waals surface area contributed by atoms with Crippen molar-refractivity contribution in [1.82, 2.24) is 4.90 Å². The van der Waals surface area contributed by atoms with Crippen LogP contribution in [0.3, 0.4) is 0 Å². The SMILES string of the molecule is CCCCN(C[C@@H]1C[C@H]1C(=O)OCC)C(=O)c1cccc2c1OCC2. The number of fused-ring (bicyclic) bond motifs is 1. The molecule has 1 aliphatic carbocycles. The van der Waals surface area contributed by atoms with Gasteiger partial charge in [-0.25, -0.2) is 0 Å². The Morgan fingerprint density at radius 1 is 1.32 bits per heavy atom. The molecule has 3 rings (SSSR count). The van der Waals surface area contributed by atoms with E-state index in [1.165, 1.54) is 0 Å². The van der Waals surface area contributed by atoms with Crippen molar-refractivity contribution < 1.29 is 19.1 Å². The molecule has 136 valence electrons. The Kier molecular flexibility index (Phi) is 5.61. The highest BCUT2D eigenvalue weighted by atomic mass is 16.5. The van der Waals surface area contributed by atoms with Gasteiger partial charge in [0.25, 0.3) is 5.91 Å². The van der Waals surface area contributed by atoms with Crippen molar-refractivity contribution in [3.05, 3.63) is 29.3 Å². The number of para-hydroxylation sites is 1. The summed E-state index contributed by atoms with van der Waals surface area (Å²) < 4.78 is 10.8. The summed E-state index contributed by atoms with van der Waals surface area (Å²) in [4.78, 5) is 26.9. The molecular weight excluding hydrogens is 318 g/mol. The fourth-order valence-electron chi connectivity index (χ4n) is 3.45. The number of carbonyl (C=O) groups is 2. The highest BCUT2D eigenvalue weighted by Gasteiger charge is 2.45. The van der Waals surface area contributed by atoms with E-state index in [9.17, 15) is 9.59 Å². The molecule has 0 aromatic heterocycles. The largest absolute Gasteiger partial charge is 0.492 e. The second-order valence-electron chi connectivity index (χ2n) is 6.85. The molecule has 25 heavy (non-hydrogen) atoms. The molecule has 5 nitrogen and oxygen atoms in total. The third-order valence-electron chi connectivity index (χ3n) is 4.98. The van der Waals surface area contributed by atoms with Crippen molar-refractivity contribution in [2.24, 2.45) is 11.8 Å². The molecule has 1 aromatic rings. The van der Waals surface area contributed by atoms with Crippen LogP contribution in [0.5, 0.6) is 5.75 Å². The predicted octanol–water partition coefficient (Wildman–Crippen LogP) is 3.06.